The molecule has 0 aliphatic heterocycles. The van der Waals surface area contributed by atoms with Crippen LogP contribution in [0.15, 0.2) is 0 Å². The van der Waals surface area contributed by atoms with Crippen LogP contribution in [0.1, 0.15) is 27.2 Å². The second-order valence-electron chi connectivity index (χ2n) is 3.87. The summed E-state index contributed by atoms with van der Waals surface area (Å²) in [5, 5.41) is 2.77. The van der Waals surface area contributed by atoms with Gasteiger partial charge in [-0.1, -0.05) is 13.8 Å². The second kappa shape index (κ2) is 7.16. The summed E-state index contributed by atoms with van der Waals surface area (Å²) >= 11 is 0. The zero-order valence-corrected chi connectivity index (χ0v) is 10.3. The molecule has 0 radical (unpaired) electrons. The van der Waals surface area contributed by atoms with Crippen LogP contribution in [-0.4, -0.2) is 26.2 Å². The van der Waals surface area contributed by atoms with Crippen molar-refractivity contribution in [2.45, 2.75) is 27.2 Å². The molecule has 0 spiro atoms. The van der Waals surface area contributed by atoms with Crippen molar-refractivity contribution in [3.05, 3.63) is 0 Å². The third-order valence-corrected chi connectivity index (χ3v) is 2.05. The molecule has 4 nitrogen and oxygen atoms in total. The van der Waals surface area contributed by atoms with Gasteiger partial charge in [0.15, 0.2) is 9.03 Å². The number of nitrogens with one attached hydrogen (secondary N) is 1. The third-order valence-electron chi connectivity index (χ3n) is 1.62. The standard InChI is InChI=1S/C9H20NO3P/c1-5-10-8(11)6-9(2,3)7-13-14-12-4/h14H,5-7H2,1-4H3,(H,10,11). The normalized spacial score (nSPS) is 12.3. The predicted molar refractivity (Wildman–Crippen MR) is 58.4 cm³/mol. The van der Waals surface area contributed by atoms with Gasteiger partial charge in [0.1, 0.15) is 0 Å². The minimum Gasteiger partial charge on any atom is -0.356 e. The number of hydrogen-bond acceptors (Lipinski definition) is 3. The molecule has 0 fully saturated rings. The molecule has 0 bridgehead atoms. The Kier molecular flexibility index (Phi) is 7.06. The lowest BCUT2D eigenvalue weighted by atomic mass is 9.90. The maximum Gasteiger partial charge on any atom is 0.220 e. The first kappa shape index (κ1) is 13.8. The van der Waals surface area contributed by atoms with Crippen LogP contribution >= 0.6 is 9.03 Å². The van der Waals surface area contributed by atoms with Crippen LogP contribution in [0.4, 0.5) is 0 Å². The number of rotatable bonds is 7. The van der Waals surface area contributed by atoms with Gasteiger partial charge in [-0.3, -0.25) is 4.79 Å². The average molecular weight is 221 g/mol. The molecule has 1 amide bonds. The molecule has 1 N–H and O–H groups in total. The largest absolute Gasteiger partial charge is 0.356 e. The Hall–Kier alpha value is -0.180. The molecule has 1 atom stereocenters. The Balaban J connectivity index is 3.75. The Morgan fingerprint density at radius 1 is 1.50 bits per heavy atom. The molecule has 0 aromatic rings. The Morgan fingerprint density at radius 3 is 2.64 bits per heavy atom. The van der Waals surface area contributed by atoms with E-state index in [0.717, 1.165) is 0 Å². The monoisotopic (exact) mass is 221 g/mol. The van der Waals surface area contributed by atoms with E-state index in [1.165, 1.54) is 0 Å². The Labute approximate surface area is 87.7 Å². The molecule has 0 aliphatic carbocycles. The van der Waals surface area contributed by atoms with Crippen LogP contribution in [0.2, 0.25) is 0 Å². The van der Waals surface area contributed by atoms with Crippen LogP contribution in [0, 0.1) is 5.41 Å². The van der Waals surface area contributed by atoms with E-state index in [1.807, 2.05) is 20.8 Å². The fourth-order valence-corrected chi connectivity index (χ4v) is 1.60. The molecule has 0 aliphatic rings. The van der Waals surface area contributed by atoms with Gasteiger partial charge in [0.2, 0.25) is 5.91 Å². The van der Waals surface area contributed by atoms with Gasteiger partial charge in [0.05, 0.1) is 6.61 Å². The van der Waals surface area contributed by atoms with Gasteiger partial charge in [-0.05, 0) is 12.3 Å². The summed E-state index contributed by atoms with van der Waals surface area (Å²) in [4.78, 5) is 11.3. The van der Waals surface area contributed by atoms with Gasteiger partial charge in [-0.15, -0.1) is 0 Å². The van der Waals surface area contributed by atoms with E-state index in [1.54, 1.807) is 7.11 Å². The van der Waals surface area contributed by atoms with Crippen molar-refractivity contribution in [3.63, 3.8) is 0 Å². The molecule has 0 heterocycles. The molecule has 0 aromatic heterocycles. The summed E-state index contributed by atoms with van der Waals surface area (Å²) < 4.78 is 10.0. The first-order valence-corrected chi connectivity index (χ1v) is 5.50. The highest BCUT2D eigenvalue weighted by Gasteiger charge is 2.22. The van der Waals surface area contributed by atoms with E-state index >= 15 is 0 Å². The molecular formula is C9H20NO3P. The van der Waals surface area contributed by atoms with Gasteiger partial charge in [-0.2, -0.15) is 0 Å². The first-order valence-electron chi connectivity index (χ1n) is 4.68. The first-order chi connectivity index (χ1) is 6.52. The lowest BCUT2D eigenvalue weighted by Crippen LogP contribution is -2.30. The fourth-order valence-electron chi connectivity index (χ4n) is 1.03. The van der Waals surface area contributed by atoms with E-state index in [-0.39, 0.29) is 20.4 Å². The number of carbonyl (C=O) groups is 1. The SMILES string of the molecule is CCNC(=O)CC(C)(C)COPOC. The van der Waals surface area contributed by atoms with E-state index in [2.05, 4.69) is 5.32 Å². The van der Waals surface area contributed by atoms with Crippen molar-refractivity contribution in [2.24, 2.45) is 5.41 Å². The second-order valence-corrected chi connectivity index (χ2v) is 4.73. The highest BCUT2D eigenvalue weighted by atomic mass is 31.1. The minimum absolute atomic E-state index is 0.0542. The van der Waals surface area contributed by atoms with Crippen LogP contribution in [0.25, 0.3) is 0 Å². The summed E-state index contributed by atoms with van der Waals surface area (Å²) in [5.41, 5.74) is -0.134. The predicted octanol–water partition coefficient (Wildman–Crippen LogP) is 1.71. The third kappa shape index (κ3) is 7.25. The van der Waals surface area contributed by atoms with E-state index in [4.69, 9.17) is 9.05 Å². The molecule has 5 heteroatoms. The fraction of sp³-hybridized carbons (Fsp3) is 0.889. The molecule has 0 aromatic carbocycles. The smallest absolute Gasteiger partial charge is 0.220 e. The minimum atomic E-state index is -0.134. The highest BCUT2D eigenvalue weighted by Crippen LogP contribution is 2.24. The zero-order chi connectivity index (χ0) is 11.0. The summed E-state index contributed by atoms with van der Waals surface area (Å²) in [6, 6.07) is 0. The van der Waals surface area contributed by atoms with Crippen molar-refractivity contribution >= 4 is 14.9 Å². The number of hydrogen-bond donors (Lipinski definition) is 1. The lowest BCUT2D eigenvalue weighted by molar-refractivity contribution is -0.123. The van der Waals surface area contributed by atoms with E-state index in [0.29, 0.717) is 19.6 Å². The maximum absolute atomic E-state index is 11.3. The summed E-state index contributed by atoms with van der Waals surface area (Å²) in [7, 11) is 1.65. The van der Waals surface area contributed by atoms with Gasteiger partial charge in [0.25, 0.3) is 0 Å². The van der Waals surface area contributed by atoms with Crippen LogP contribution in [0.3, 0.4) is 0 Å². The van der Waals surface area contributed by atoms with E-state index in [9.17, 15) is 4.79 Å². The molecule has 0 saturated carbocycles. The zero-order valence-electron chi connectivity index (χ0n) is 9.35. The lowest BCUT2D eigenvalue weighted by Gasteiger charge is -2.22. The van der Waals surface area contributed by atoms with Crippen LogP contribution in [0.5, 0.6) is 0 Å². The van der Waals surface area contributed by atoms with Gasteiger partial charge in [0, 0.05) is 20.1 Å². The van der Waals surface area contributed by atoms with Gasteiger partial charge >= 0.3 is 0 Å². The van der Waals surface area contributed by atoms with Crippen LogP contribution < -0.4 is 5.32 Å². The molecular weight excluding hydrogens is 201 g/mol. The Morgan fingerprint density at radius 2 is 2.14 bits per heavy atom. The van der Waals surface area contributed by atoms with Gasteiger partial charge < -0.3 is 14.4 Å². The quantitative estimate of drug-likeness (QED) is 0.526. The van der Waals surface area contributed by atoms with Gasteiger partial charge in [-0.25, -0.2) is 0 Å². The molecule has 0 saturated heterocycles. The number of carbonyl (C=O) groups excluding carboxylic acids is 1. The van der Waals surface area contributed by atoms with Crippen molar-refractivity contribution < 1.29 is 13.8 Å². The Bertz CT molecular complexity index is 173. The van der Waals surface area contributed by atoms with Crippen molar-refractivity contribution in [2.75, 3.05) is 20.3 Å². The molecule has 14 heavy (non-hydrogen) atoms. The average Bonchev–Trinajstić information content (AvgIpc) is 2.03. The molecule has 1 unspecified atom stereocenters. The molecule has 84 valence electrons. The van der Waals surface area contributed by atoms with Crippen molar-refractivity contribution in [1.82, 2.24) is 5.32 Å². The number of amides is 1. The van der Waals surface area contributed by atoms with Crippen LogP contribution in [-0.2, 0) is 13.8 Å². The van der Waals surface area contributed by atoms with E-state index < -0.39 is 0 Å². The molecule has 0 rings (SSSR count). The highest BCUT2D eigenvalue weighted by molar-refractivity contribution is 7.26. The van der Waals surface area contributed by atoms with Crippen molar-refractivity contribution in [3.8, 4) is 0 Å². The van der Waals surface area contributed by atoms with Crippen molar-refractivity contribution in [1.29, 1.82) is 0 Å². The summed E-state index contributed by atoms with van der Waals surface area (Å²) in [6.45, 7) is 7.13. The maximum atomic E-state index is 11.3. The summed E-state index contributed by atoms with van der Waals surface area (Å²) in [5.74, 6) is 0.0712. The summed E-state index contributed by atoms with van der Waals surface area (Å²) in [6.07, 6.45) is 0.481. The topological polar surface area (TPSA) is 47.6 Å².